The van der Waals surface area contributed by atoms with E-state index in [1.165, 1.54) is 0 Å². The van der Waals surface area contributed by atoms with Gasteiger partial charge in [-0.1, -0.05) is 47.5 Å². The zero-order chi connectivity index (χ0) is 21.9. The molecule has 2 aromatic rings. The monoisotopic (exact) mass is 489 g/mol. The third kappa shape index (κ3) is 6.96. The summed E-state index contributed by atoms with van der Waals surface area (Å²) in [6.45, 7) is 6.52. The van der Waals surface area contributed by atoms with E-state index in [1.807, 2.05) is 6.07 Å². The molecule has 3 N–H and O–H groups in total. The van der Waals surface area contributed by atoms with E-state index in [2.05, 4.69) is 45.4 Å². The van der Waals surface area contributed by atoms with Gasteiger partial charge in [0, 0.05) is 11.0 Å². The molecular weight excluding hydrogens is 466 g/mol. The second-order valence-corrected chi connectivity index (χ2v) is 7.62. The van der Waals surface area contributed by atoms with Crippen LogP contribution in [-0.4, -0.2) is 30.1 Å². The molecule has 0 fully saturated rings. The molecule has 2 rings (SSSR count). The lowest BCUT2D eigenvalue weighted by Gasteiger charge is -2.15. The molecule has 0 radical (unpaired) electrons. The molecule has 0 saturated heterocycles. The molecular formula is C22H24BrN3O3S. The molecule has 8 heteroatoms. The summed E-state index contributed by atoms with van der Waals surface area (Å²) in [7, 11) is 0. The molecule has 0 atom stereocenters. The quantitative estimate of drug-likeness (QED) is 0.271. The number of unbranched alkanes of at least 4 members (excludes halogenated alkanes) is 1. The Labute approximate surface area is 190 Å². The number of benzene rings is 2. The first kappa shape index (κ1) is 23.6. The summed E-state index contributed by atoms with van der Waals surface area (Å²) in [5.41, 5.74) is 1.25. The smallest absolute Gasteiger partial charge is 0.261 e. The zero-order valence-electron chi connectivity index (χ0n) is 16.7. The molecule has 158 valence electrons. The molecule has 0 heterocycles. The van der Waals surface area contributed by atoms with Gasteiger partial charge in [0.15, 0.2) is 5.11 Å². The summed E-state index contributed by atoms with van der Waals surface area (Å²) in [4.78, 5) is 25.1. The average molecular weight is 490 g/mol. The lowest BCUT2D eigenvalue weighted by atomic mass is 10.1. The number of amides is 2. The molecule has 0 aliphatic heterocycles. The van der Waals surface area contributed by atoms with E-state index in [-0.39, 0.29) is 11.0 Å². The number of para-hydroxylation sites is 1. The third-order valence-electron chi connectivity index (χ3n) is 4.00. The van der Waals surface area contributed by atoms with Crippen molar-refractivity contribution in [2.45, 2.75) is 19.8 Å². The standard InChI is InChI=1S/C22H24BrN3O3S/c1-3-5-13-29-19-11-10-15(23)14-17(19)21(28)26-22(30)25-18-9-7-6-8-16(18)20(27)24-12-4-2/h4,6-11,14H,2-3,5,12-13H2,1H3,(H,24,27)(H2,25,26,28,30). The van der Waals surface area contributed by atoms with E-state index in [0.717, 1.165) is 17.3 Å². The molecule has 2 aromatic carbocycles. The maximum atomic E-state index is 12.8. The Morgan fingerprint density at radius 2 is 1.93 bits per heavy atom. The van der Waals surface area contributed by atoms with Crippen molar-refractivity contribution in [3.8, 4) is 5.75 Å². The molecule has 0 unspecified atom stereocenters. The lowest BCUT2D eigenvalue weighted by molar-refractivity contribution is 0.0955. The summed E-state index contributed by atoms with van der Waals surface area (Å²) in [6, 6.07) is 12.1. The minimum Gasteiger partial charge on any atom is -0.493 e. The van der Waals surface area contributed by atoms with Crippen LogP contribution in [0.25, 0.3) is 0 Å². The van der Waals surface area contributed by atoms with Crippen LogP contribution in [0.2, 0.25) is 0 Å². The summed E-state index contributed by atoms with van der Waals surface area (Å²) in [5.74, 6) is -0.198. The molecule has 2 amide bonds. The highest BCUT2D eigenvalue weighted by Gasteiger charge is 2.16. The highest BCUT2D eigenvalue weighted by atomic mass is 79.9. The topological polar surface area (TPSA) is 79.5 Å². The van der Waals surface area contributed by atoms with Crippen molar-refractivity contribution in [2.24, 2.45) is 0 Å². The molecule has 0 aliphatic carbocycles. The number of carbonyl (C=O) groups is 2. The second kappa shape index (κ2) is 12.1. The summed E-state index contributed by atoms with van der Waals surface area (Å²) in [6.07, 6.45) is 3.48. The normalized spacial score (nSPS) is 10.1. The van der Waals surface area contributed by atoms with Crippen LogP contribution in [0.4, 0.5) is 5.69 Å². The van der Waals surface area contributed by atoms with Gasteiger partial charge in [-0.25, -0.2) is 0 Å². The molecule has 0 aliphatic rings. The zero-order valence-corrected chi connectivity index (χ0v) is 19.1. The highest BCUT2D eigenvalue weighted by molar-refractivity contribution is 9.10. The molecule has 0 bridgehead atoms. The number of thiocarbonyl (C=S) groups is 1. The van der Waals surface area contributed by atoms with Crippen LogP contribution in [0.15, 0.2) is 59.6 Å². The van der Waals surface area contributed by atoms with Crippen LogP contribution in [-0.2, 0) is 0 Å². The molecule has 0 saturated carbocycles. The summed E-state index contributed by atoms with van der Waals surface area (Å²) >= 11 is 8.66. The predicted octanol–water partition coefficient (Wildman–Crippen LogP) is 4.67. The predicted molar refractivity (Wildman–Crippen MR) is 127 cm³/mol. The number of hydrogen-bond donors (Lipinski definition) is 3. The van der Waals surface area contributed by atoms with E-state index >= 15 is 0 Å². The van der Waals surface area contributed by atoms with Crippen molar-refractivity contribution in [1.82, 2.24) is 10.6 Å². The number of halogens is 1. The van der Waals surface area contributed by atoms with Gasteiger partial charge in [-0.15, -0.1) is 6.58 Å². The number of carbonyl (C=O) groups excluding carboxylic acids is 2. The fourth-order valence-corrected chi connectivity index (χ4v) is 3.07. The molecule has 0 spiro atoms. The van der Waals surface area contributed by atoms with Gasteiger partial charge in [-0.3, -0.25) is 14.9 Å². The van der Waals surface area contributed by atoms with E-state index in [0.29, 0.717) is 35.7 Å². The Hall–Kier alpha value is -2.71. The molecule has 0 aromatic heterocycles. The Morgan fingerprint density at radius 3 is 2.67 bits per heavy atom. The van der Waals surface area contributed by atoms with Crippen molar-refractivity contribution in [3.05, 3.63) is 70.7 Å². The Balaban J connectivity index is 2.11. The first-order chi connectivity index (χ1) is 14.5. The average Bonchev–Trinajstić information content (AvgIpc) is 2.73. The summed E-state index contributed by atoms with van der Waals surface area (Å²) < 4.78 is 6.48. The lowest BCUT2D eigenvalue weighted by Crippen LogP contribution is -2.35. The number of ether oxygens (including phenoxy) is 1. The Kier molecular flexibility index (Phi) is 9.50. The largest absolute Gasteiger partial charge is 0.493 e. The Bertz CT molecular complexity index is 934. The van der Waals surface area contributed by atoms with Gasteiger partial charge in [0.1, 0.15) is 5.75 Å². The van der Waals surface area contributed by atoms with Crippen molar-refractivity contribution < 1.29 is 14.3 Å². The summed E-state index contributed by atoms with van der Waals surface area (Å²) in [5, 5.41) is 8.35. The van der Waals surface area contributed by atoms with E-state index < -0.39 is 5.91 Å². The van der Waals surface area contributed by atoms with Gasteiger partial charge in [0.05, 0.1) is 23.4 Å². The van der Waals surface area contributed by atoms with Crippen molar-refractivity contribution >= 4 is 50.8 Å². The highest BCUT2D eigenvalue weighted by Crippen LogP contribution is 2.24. The van der Waals surface area contributed by atoms with Crippen molar-refractivity contribution in [2.75, 3.05) is 18.5 Å². The van der Waals surface area contributed by atoms with Crippen LogP contribution in [0.3, 0.4) is 0 Å². The SMILES string of the molecule is C=CCNC(=O)c1ccccc1NC(=S)NC(=O)c1cc(Br)ccc1OCCCC. The second-order valence-electron chi connectivity index (χ2n) is 6.30. The van der Waals surface area contributed by atoms with Gasteiger partial charge in [-0.05, 0) is 49.0 Å². The maximum Gasteiger partial charge on any atom is 0.261 e. The first-order valence-corrected chi connectivity index (χ1v) is 10.7. The van der Waals surface area contributed by atoms with E-state index in [4.69, 9.17) is 17.0 Å². The fraction of sp³-hybridized carbons (Fsp3) is 0.227. The van der Waals surface area contributed by atoms with Crippen LogP contribution in [0.1, 0.15) is 40.5 Å². The first-order valence-electron chi connectivity index (χ1n) is 9.49. The Morgan fingerprint density at radius 1 is 1.17 bits per heavy atom. The maximum absolute atomic E-state index is 12.8. The molecule has 30 heavy (non-hydrogen) atoms. The number of hydrogen-bond acceptors (Lipinski definition) is 4. The van der Waals surface area contributed by atoms with Crippen LogP contribution < -0.4 is 20.7 Å². The van der Waals surface area contributed by atoms with Gasteiger partial charge >= 0.3 is 0 Å². The van der Waals surface area contributed by atoms with Crippen LogP contribution >= 0.6 is 28.1 Å². The third-order valence-corrected chi connectivity index (χ3v) is 4.69. The number of nitrogens with one attached hydrogen (secondary N) is 3. The minimum absolute atomic E-state index is 0.0726. The number of rotatable bonds is 9. The fourth-order valence-electron chi connectivity index (χ4n) is 2.51. The van der Waals surface area contributed by atoms with E-state index in [9.17, 15) is 9.59 Å². The van der Waals surface area contributed by atoms with Crippen LogP contribution in [0, 0.1) is 0 Å². The van der Waals surface area contributed by atoms with Gasteiger partial charge in [-0.2, -0.15) is 0 Å². The minimum atomic E-state index is -0.408. The van der Waals surface area contributed by atoms with Crippen molar-refractivity contribution in [1.29, 1.82) is 0 Å². The van der Waals surface area contributed by atoms with Gasteiger partial charge in [0.2, 0.25) is 0 Å². The van der Waals surface area contributed by atoms with Crippen molar-refractivity contribution in [3.63, 3.8) is 0 Å². The van der Waals surface area contributed by atoms with Gasteiger partial charge in [0.25, 0.3) is 11.8 Å². The van der Waals surface area contributed by atoms with Gasteiger partial charge < -0.3 is 15.4 Å². The van der Waals surface area contributed by atoms with E-state index in [1.54, 1.807) is 42.5 Å². The molecule has 6 nitrogen and oxygen atoms in total. The van der Waals surface area contributed by atoms with Crippen LogP contribution in [0.5, 0.6) is 5.75 Å². The number of anilines is 1.